The minimum atomic E-state index is -0.484. The van der Waals surface area contributed by atoms with Crippen molar-refractivity contribution in [2.45, 2.75) is 0 Å². The maximum absolute atomic E-state index is 11.9. The summed E-state index contributed by atoms with van der Waals surface area (Å²) in [4.78, 5) is 23.5. The van der Waals surface area contributed by atoms with Crippen LogP contribution in [-0.4, -0.2) is 22.3 Å². The number of hydrogen-bond acceptors (Lipinski definition) is 4. The highest BCUT2D eigenvalue weighted by Gasteiger charge is 2.06. The number of benzene rings is 2. The molecule has 0 amide bonds. The Morgan fingerprint density at radius 1 is 0.923 bits per heavy atom. The van der Waals surface area contributed by atoms with Crippen LogP contribution in [-0.2, 0) is 14.1 Å². The molecular weight excluding hydrogens is 332 g/mol. The Labute approximate surface area is 150 Å². The SMILES string of the molecule is Cn1cc(OCC#CCOc2ccc3ccccc3c2)c(=O)n(C)c1=O. The molecule has 1 aromatic heterocycles. The molecular formula is C20H18N2O4. The third-order valence-corrected chi connectivity index (χ3v) is 3.87. The van der Waals surface area contributed by atoms with Crippen LogP contribution in [0.1, 0.15) is 0 Å². The van der Waals surface area contributed by atoms with E-state index in [0.717, 1.165) is 21.1 Å². The van der Waals surface area contributed by atoms with Gasteiger partial charge in [-0.05, 0) is 22.9 Å². The topological polar surface area (TPSA) is 62.5 Å². The van der Waals surface area contributed by atoms with Gasteiger partial charge in [-0.2, -0.15) is 0 Å². The Hall–Kier alpha value is -3.46. The van der Waals surface area contributed by atoms with Crippen molar-refractivity contribution in [3.63, 3.8) is 0 Å². The lowest BCUT2D eigenvalue weighted by Gasteiger charge is -2.06. The van der Waals surface area contributed by atoms with Crippen LogP contribution in [0, 0.1) is 11.8 Å². The number of aryl methyl sites for hydroxylation is 1. The fourth-order valence-electron chi connectivity index (χ4n) is 2.47. The monoisotopic (exact) mass is 350 g/mol. The summed E-state index contributed by atoms with van der Waals surface area (Å²) in [5.41, 5.74) is -0.889. The highest BCUT2D eigenvalue weighted by molar-refractivity contribution is 5.83. The first kappa shape index (κ1) is 17.4. The molecule has 0 saturated heterocycles. The van der Waals surface area contributed by atoms with Gasteiger partial charge in [0.15, 0.2) is 0 Å². The van der Waals surface area contributed by atoms with E-state index >= 15 is 0 Å². The quantitative estimate of drug-likeness (QED) is 0.672. The lowest BCUT2D eigenvalue weighted by atomic mass is 10.1. The Bertz CT molecular complexity index is 1120. The summed E-state index contributed by atoms with van der Waals surface area (Å²) >= 11 is 0. The fourth-order valence-corrected chi connectivity index (χ4v) is 2.47. The molecule has 3 aromatic rings. The van der Waals surface area contributed by atoms with Gasteiger partial charge in [-0.3, -0.25) is 13.9 Å². The summed E-state index contributed by atoms with van der Waals surface area (Å²) in [6, 6.07) is 13.9. The molecule has 0 aliphatic heterocycles. The third-order valence-electron chi connectivity index (χ3n) is 3.87. The summed E-state index contributed by atoms with van der Waals surface area (Å²) in [7, 11) is 2.96. The van der Waals surface area contributed by atoms with Gasteiger partial charge in [0.1, 0.15) is 19.0 Å². The average molecular weight is 350 g/mol. The van der Waals surface area contributed by atoms with Gasteiger partial charge < -0.3 is 9.47 Å². The largest absolute Gasteiger partial charge is 0.481 e. The van der Waals surface area contributed by atoms with E-state index in [4.69, 9.17) is 9.47 Å². The first-order valence-corrected chi connectivity index (χ1v) is 8.03. The normalized spacial score (nSPS) is 10.2. The van der Waals surface area contributed by atoms with Gasteiger partial charge in [0, 0.05) is 14.1 Å². The second-order valence-electron chi connectivity index (χ2n) is 5.69. The van der Waals surface area contributed by atoms with E-state index in [-0.39, 0.29) is 19.0 Å². The summed E-state index contributed by atoms with van der Waals surface area (Å²) in [6.07, 6.45) is 1.36. The van der Waals surface area contributed by atoms with E-state index in [0.29, 0.717) is 0 Å². The van der Waals surface area contributed by atoms with Crippen molar-refractivity contribution in [1.82, 2.24) is 9.13 Å². The van der Waals surface area contributed by atoms with Crippen molar-refractivity contribution in [1.29, 1.82) is 0 Å². The van der Waals surface area contributed by atoms with E-state index in [2.05, 4.69) is 11.8 Å². The highest BCUT2D eigenvalue weighted by Crippen LogP contribution is 2.20. The van der Waals surface area contributed by atoms with E-state index in [1.807, 2.05) is 42.5 Å². The summed E-state index contributed by atoms with van der Waals surface area (Å²) < 4.78 is 13.2. The van der Waals surface area contributed by atoms with Gasteiger partial charge in [-0.1, -0.05) is 42.2 Å². The number of fused-ring (bicyclic) bond motifs is 1. The van der Waals surface area contributed by atoms with Gasteiger partial charge in [0.05, 0.1) is 6.20 Å². The maximum Gasteiger partial charge on any atom is 0.330 e. The molecule has 0 saturated carbocycles. The molecule has 0 atom stereocenters. The molecule has 0 unspecified atom stereocenters. The third kappa shape index (κ3) is 3.78. The Balaban J connectivity index is 1.56. The second-order valence-corrected chi connectivity index (χ2v) is 5.69. The fraction of sp³-hybridized carbons (Fsp3) is 0.200. The van der Waals surface area contributed by atoms with E-state index in [9.17, 15) is 9.59 Å². The van der Waals surface area contributed by atoms with Crippen LogP contribution in [0.2, 0.25) is 0 Å². The molecule has 3 rings (SSSR count). The first-order chi connectivity index (χ1) is 12.6. The molecule has 0 bridgehead atoms. The molecule has 0 radical (unpaired) electrons. The molecule has 26 heavy (non-hydrogen) atoms. The predicted molar refractivity (Wildman–Crippen MR) is 99.6 cm³/mol. The van der Waals surface area contributed by atoms with Crippen LogP contribution >= 0.6 is 0 Å². The van der Waals surface area contributed by atoms with Crippen molar-refractivity contribution in [3.8, 4) is 23.3 Å². The number of rotatable bonds is 4. The lowest BCUT2D eigenvalue weighted by molar-refractivity contribution is 0.352. The maximum atomic E-state index is 11.9. The molecule has 6 heteroatoms. The van der Waals surface area contributed by atoms with Crippen LogP contribution in [0.4, 0.5) is 0 Å². The van der Waals surface area contributed by atoms with Gasteiger partial charge in [-0.15, -0.1) is 0 Å². The van der Waals surface area contributed by atoms with Crippen LogP contribution in [0.25, 0.3) is 10.8 Å². The summed E-state index contributed by atoms with van der Waals surface area (Å²) in [5, 5.41) is 2.25. The van der Waals surface area contributed by atoms with Crippen molar-refractivity contribution in [2.24, 2.45) is 14.1 Å². The zero-order valence-electron chi connectivity index (χ0n) is 14.6. The Kier molecular flexibility index (Phi) is 5.09. The highest BCUT2D eigenvalue weighted by atomic mass is 16.5. The van der Waals surface area contributed by atoms with Crippen LogP contribution < -0.4 is 20.7 Å². The minimum absolute atomic E-state index is 0.0362. The Morgan fingerprint density at radius 3 is 2.38 bits per heavy atom. The molecule has 0 N–H and O–H groups in total. The van der Waals surface area contributed by atoms with E-state index < -0.39 is 11.2 Å². The molecule has 0 aliphatic rings. The average Bonchev–Trinajstić information content (AvgIpc) is 2.66. The molecule has 1 heterocycles. The number of ether oxygens (including phenoxy) is 2. The van der Waals surface area contributed by atoms with Gasteiger partial charge >= 0.3 is 5.69 Å². The van der Waals surface area contributed by atoms with E-state index in [1.54, 1.807) is 7.05 Å². The summed E-state index contributed by atoms with van der Waals surface area (Å²) in [6.45, 7) is 0.251. The second kappa shape index (κ2) is 7.62. The smallest absolute Gasteiger partial charge is 0.330 e. The van der Waals surface area contributed by atoms with Crippen LogP contribution in [0.15, 0.2) is 58.3 Å². The van der Waals surface area contributed by atoms with Crippen molar-refractivity contribution in [2.75, 3.05) is 13.2 Å². The predicted octanol–water partition coefficient (Wildman–Crippen LogP) is 1.70. The zero-order valence-corrected chi connectivity index (χ0v) is 14.6. The van der Waals surface area contributed by atoms with Crippen molar-refractivity contribution >= 4 is 10.8 Å². The van der Waals surface area contributed by atoms with E-state index in [1.165, 1.54) is 17.8 Å². The number of aromatic nitrogens is 2. The van der Waals surface area contributed by atoms with Gasteiger partial charge in [-0.25, -0.2) is 4.79 Å². The molecule has 0 spiro atoms. The van der Waals surface area contributed by atoms with Crippen molar-refractivity contribution < 1.29 is 9.47 Å². The zero-order chi connectivity index (χ0) is 18.5. The number of hydrogen-bond donors (Lipinski definition) is 0. The molecule has 0 fully saturated rings. The minimum Gasteiger partial charge on any atom is -0.481 e. The lowest BCUT2D eigenvalue weighted by Crippen LogP contribution is -2.37. The van der Waals surface area contributed by atoms with Crippen LogP contribution in [0.3, 0.4) is 0 Å². The Morgan fingerprint density at radius 2 is 1.62 bits per heavy atom. The molecule has 132 valence electrons. The standard InChI is InChI=1S/C20H18N2O4/c1-21-14-18(19(23)22(2)20(21)24)26-12-6-5-11-25-17-10-9-15-7-3-4-8-16(15)13-17/h3-4,7-10,13-14H,11-12H2,1-2H3. The first-order valence-electron chi connectivity index (χ1n) is 8.03. The van der Waals surface area contributed by atoms with Crippen molar-refractivity contribution in [3.05, 3.63) is 69.5 Å². The molecule has 2 aromatic carbocycles. The number of nitrogens with zero attached hydrogens (tertiary/aromatic N) is 2. The summed E-state index contributed by atoms with van der Waals surface area (Å²) in [5.74, 6) is 6.45. The van der Waals surface area contributed by atoms with Gasteiger partial charge in [0.25, 0.3) is 5.56 Å². The molecule has 0 aliphatic carbocycles. The molecule has 6 nitrogen and oxygen atoms in total. The van der Waals surface area contributed by atoms with Crippen LogP contribution in [0.5, 0.6) is 11.5 Å². The van der Waals surface area contributed by atoms with Gasteiger partial charge in [0.2, 0.25) is 5.75 Å².